The summed E-state index contributed by atoms with van der Waals surface area (Å²) in [7, 11) is 1.76. The molecule has 1 heterocycles. The molecule has 0 unspecified atom stereocenters. The molecule has 1 aliphatic heterocycles. The van der Waals surface area contributed by atoms with Gasteiger partial charge in [0.05, 0.1) is 12.7 Å². The molecule has 0 spiro atoms. The number of ether oxygens (including phenoxy) is 2. The van der Waals surface area contributed by atoms with Gasteiger partial charge in [0, 0.05) is 26.2 Å². The van der Waals surface area contributed by atoms with Crippen LogP contribution in [0.1, 0.15) is 27.7 Å². The van der Waals surface area contributed by atoms with Gasteiger partial charge in [-0.25, -0.2) is 0 Å². The molecule has 14 heavy (non-hydrogen) atoms. The number of rotatable bonds is 2. The predicted molar refractivity (Wildman–Crippen MR) is 57.5 cm³/mol. The number of hydrogen-bond donors (Lipinski definition) is 0. The van der Waals surface area contributed by atoms with Gasteiger partial charge in [0.1, 0.15) is 5.60 Å². The number of methoxy groups -OCH3 is 1. The van der Waals surface area contributed by atoms with E-state index < -0.39 is 0 Å². The van der Waals surface area contributed by atoms with Gasteiger partial charge < -0.3 is 9.47 Å². The molecular formula is C11H23NO2. The molecule has 0 amide bonds. The molecule has 0 aromatic rings. The van der Waals surface area contributed by atoms with Crippen LogP contribution in [0.2, 0.25) is 0 Å². The van der Waals surface area contributed by atoms with E-state index in [9.17, 15) is 0 Å². The number of nitrogens with zero attached hydrogens (tertiary/aromatic N) is 1. The lowest BCUT2D eigenvalue weighted by Crippen LogP contribution is -2.46. The third kappa shape index (κ3) is 2.94. The zero-order valence-electron chi connectivity index (χ0n) is 10.0. The van der Waals surface area contributed by atoms with Crippen LogP contribution in [-0.4, -0.2) is 49.5 Å². The largest absolute Gasteiger partial charge is 0.375 e. The van der Waals surface area contributed by atoms with Crippen molar-refractivity contribution in [2.45, 2.75) is 45.4 Å². The Morgan fingerprint density at radius 1 is 1.50 bits per heavy atom. The summed E-state index contributed by atoms with van der Waals surface area (Å²) < 4.78 is 11.2. The summed E-state index contributed by atoms with van der Waals surface area (Å²) in [5, 5.41) is 0. The summed E-state index contributed by atoms with van der Waals surface area (Å²) in [5.74, 6) is 0. The fourth-order valence-corrected chi connectivity index (χ4v) is 1.76. The lowest BCUT2D eigenvalue weighted by Gasteiger charge is -2.33. The minimum absolute atomic E-state index is 0.158. The highest BCUT2D eigenvalue weighted by Crippen LogP contribution is 2.19. The van der Waals surface area contributed by atoms with Crippen molar-refractivity contribution in [2.24, 2.45) is 0 Å². The van der Waals surface area contributed by atoms with Crippen LogP contribution in [0.25, 0.3) is 0 Å². The summed E-state index contributed by atoms with van der Waals surface area (Å²) >= 11 is 0. The van der Waals surface area contributed by atoms with Crippen molar-refractivity contribution in [2.75, 3.05) is 26.8 Å². The van der Waals surface area contributed by atoms with Crippen LogP contribution >= 0.6 is 0 Å². The van der Waals surface area contributed by atoms with E-state index in [1.54, 1.807) is 7.11 Å². The van der Waals surface area contributed by atoms with E-state index >= 15 is 0 Å². The van der Waals surface area contributed by atoms with Crippen molar-refractivity contribution in [3.05, 3.63) is 0 Å². The van der Waals surface area contributed by atoms with Crippen molar-refractivity contribution in [3.63, 3.8) is 0 Å². The van der Waals surface area contributed by atoms with Crippen LogP contribution in [0.4, 0.5) is 0 Å². The Balaban J connectivity index is 2.68. The Morgan fingerprint density at radius 2 is 2.14 bits per heavy atom. The first-order valence-corrected chi connectivity index (χ1v) is 5.37. The zero-order chi connectivity index (χ0) is 10.8. The summed E-state index contributed by atoms with van der Waals surface area (Å²) in [6.45, 7) is 11.3. The van der Waals surface area contributed by atoms with Gasteiger partial charge in [-0.3, -0.25) is 4.90 Å². The van der Waals surface area contributed by atoms with E-state index in [0.717, 1.165) is 13.1 Å². The Kier molecular flexibility index (Phi) is 3.93. The summed E-state index contributed by atoms with van der Waals surface area (Å²) in [6.07, 6.45) is 0.300. The second-order valence-corrected chi connectivity index (χ2v) is 4.80. The lowest BCUT2D eigenvalue weighted by molar-refractivity contribution is -0.0670. The van der Waals surface area contributed by atoms with Crippen molar-refractivity contribution >= 4 is 0 Å². The molecular weight excluding hydrogens is 178 g/mol. The van der Waals surface area contributed by atoms with Crippen LogP contribution in [0.5, 0.6) is 0 Å². The van der Waals surface area contributed by atoms with E-state index in [1.165, 1.54) is 0 Å². The molecule has 1 saturated heterocycles. The average Bonchev–Trinajstić information content (AvgIpc) is 2.27. The first-order chi connectivity index (χ1) is 6.47. The second-order valence-electron chi connectivity index (χ2n) is 4.80. The molecule has 0 bridgehead atoms. The molecule has 84 valence electrons. The molecule has 0 aliphatic carbocycles. The molecule has 1 aliphatic rings. The van der Waals surface area contributed by atoms with Gasteiger partial charge in [0.25, 0.3) is 0 Å². The fourth-order valence-electron chi connectivity index (χ4n) is 1.76. The Morgan fingerprint density at radius 3 is 2.64 bits per heavy atom. The zero-order valence-corrected chi connectivity index (χ0v) is 10.0. The molecule has 0 radical (unpaired) electrons. The minimum Gasteiger partial charge on any atom is -0.375 e. The molecule has 0 aromatic heterocycles. The van der Waals surface area contributed by atoms with Crippen LogP contribution < -0.4 is 0 Å². The lowest BCUT2D eigenvalue weighted by atomic mass is 10.1. The van der Waals surface area contributed by atoms with Crippen LogP contribution in [0.3, 0.4) is 0 Å². The average molecular weight is 201 g/mol. The molecule has 1 fully saturated rings. The molecule has 0 aromatic carbocycles. The van der Waals surface area contributed by atoms with Crippen LogP contribution in [0, 0.1) is 0 Å². The molecule has 2 atom stereocenters. The maximum absolute atomic E-state index is 5.72. The van der Waals surface area contributed by atoms with Crippen LogP contribution in [0.15, 0.2) is 0 Å². The van der Waals surface area contributed by atoms with Gasteiger partial charge >= 0.3 is 0 Å². The van der Waals surface area contributed by atoms with E-state index in [2.05, 4.69) is 32.6 Å². The van der Waals surface area contributed by atoms with Crippen molar-refractivity contribution in [3.8, 4) is 0 Å². The SMILES string of the molecule is CO[C@]1(C)CO[C@@H](C)CN(C(C)C)C1. The van der Waals surface area contributed by atoms with E-state index in [-0.39, 0.29) is 5.60 Å². The smallest absolute Gasteiger partial charge is 0.101 e. The third-order valence-electron chi connectivity index (χ3n) is 2.93. The van der Waals surface area contributed by atoms with E-state index in [0.29, 0.717) is 18.8 Å². The monoisotopic (exact) mass is 201 g/mol. The van der Waals surface area contributed by atoms with Crippen LogP contribution in [-0.2, 0) is 9.47 Å². The Bertz CT molecular complexity index is 184. The van der Waals surface area contributed by atoms with Crippen molar-refractivity contribution < 1.29 is 9.47 Å². The topological polar surface area (TPSA) is 21.7 Å². The molecule has 0 N–H and O–H groups in total. The molecule has 0 saturated carbocycles. The minimum atomic E-state index is -0.158. The Labute approximate surface area is 87.4 Å². The number of hydrogen-bond acceptors (Lipinski definition) is 3. The third-order valence-corrected chi connectivity index (χ3v) is 2.93. The predicted octanol–water partition coefficient (Wildman–Crippen LogP) is 1.52. The van der Waals surface area contributed by atoms with E-state index in [4.69, 9.17) is 9.47 Å². The quantitative estimate of drug-likeness (QED) is 0.676. The highest BCUT2D eigenvalue weighted by atomic mass is 16.5. The van der Waals surface area contributed by atoms with Crippen molar-refractivity contribution in [1.82, 2.24) is 4.90 Å². The molecule has 1 rings (SSSR count). The highest BCUT2D eigenvalue weighted by Gasteiger charge is 2.32. The fraction of sp³-hybridized carbons (Fsp3) is 1.00. The first kappa shape index (κ1) is 12.0. The maximum Gasteiger partial charge on any atom is 0.101 e. The van der Waals surface area contributed by atoms with E-state index in [1.807, 2.05) is 0 Å². The second kappa shape index (κ2) is 4.60. The van der Waals surface area contributed by atoms with Crippen molar-refractivity contribution in [1.29, 1.82) is 0 Å². The van der Waals surface area contributed by atoms with Gasteiger partial charge in [0.2, 0.25) is 0 Å². The molecule has 3 heteroatoms. The van der Waals surface area contributed by atoms with Gasteiger partial charge in [-0.1, -0.05) is 0 Å². The van der Waals surface area contributed by atoms with Gasteiger partial charge in [-0.05, 0) is 27.7 Å². The summed E-state index contributed by atoms with van der Waals surface area (Å²) in [4.78, 5) is 2.42. The first-order valence-electron chi connectivity index (χ1n) is 5.37. The summed E-state index contributed by atoms with van der Waals surface area (Å²) in [6, 6.07) is 0.550. The molecule has 3 nitrogen and oxygen atoms in total. The normalized spacial score (nSPS) is 36.0. The summed E-state index contributed by atoms with van der Waals surface area (Å²) in [5.41, 5.74) is -0.158. The Hall–Kier alpha value is -0.120. The highest BCUT2D eigenvalue weighted by molar-refractivity contribution is 4.84. The van der Waals surface area contributed by atoms with Gasteiger partial charge in [-0.15, -0.1) is 0 Å². The standard InChI is InChI=1S/C11H23NO2/c1-9(2)12-6-10(3)14-8-11(4,7-12)13-5/h9-10H,6-8H2,1-5H3/t10-,11-/m0/s1. The van der Waals surface area contributed by atoms with Gasteiger partial charge in [0.15, 0.2) is 0 Å². The maximum atomic E-state index is 5.72. The van der Waals surface area contributed by atoms with Gasteiger partial charge in [-0.2, -0.15) is 0 Å².